The smallest absolute Gasteiger partial charge is 0.266 e. The van der Waals surface area contributed by atoms with Gasteiger partial charge in [0.25, 0.3) is 11.8 Å². The fourth-order valence-electron chi connectivity index (χ4n) is 3.38. The Morgan fingerprint density at radius 3 is 2.81 bits per heavy atom. The predicted molar refractivity (Wildman–Crippen MR) is 110 cm³/mol. The van der Waals surface area contributed by atoms with Gasteiger partial charge in [0.2, 0.25) is 5.89 Å². The number of nitrogens with zero attached hydrogens (tertiary/aromatic N) is 5. The highest BCUT2D eigenvalue weighted by Gasteiger charge is 2.26. The molecule has 0 radical (unpaired) electrons. The number of imidazole rings is 1. The molecule has 1 fully saturated rings. The maximum absolute atomic E-state index is 14.7. The molecular weight excluding hydrogens is 399 g/mol. The van der Waals surface area contributed by atoms with Crippen molar-refractivity contribution in [3.63, 3.8) is 0 Å². The Bertz CT molecular complexity index is 1290. The molecule has 5 rings (SSSR count). The van der Waals surface area contributed by atoms with Gasteiger partial charge in [-0.3, -0.25) is 4.79 Å². The first-order valence-electron chi connectivity index (χ1n) is 9.91. The number of rotatable bonds is 5. The molecule has 156 valence electrons. The van der Waals surface area contributed by atoms with Crippen LogP contribution in [0.15, 0.2) is 47.3 Å². The number of hydrogen-bond acceptors (Lipinski definition) is 6. The van der Waals surface area contributed by atoms with E-state index in [1.165, 1.54) is 12.1 Å². The monoisotopic (exact) mass is 418 g/mol. The standard InChI is InChI=1S/C22H19FN6O2/c1-12-8-16(23)15(9-19(12)29-10-18(24-11-29)14-6-7-14)21(30)26-20-5-3-4-17(25-20)22-28-27-13(2)31-22/h3-5,8-11,14H,6-7H2,1-2H3,(H,25,26,30). The highest BCUT2D eigenvalue weighted by Crippen LogP contribution is 2.39. The number of carbonyl (C=O) groups is 1. The van der Waals surface area contributed by atoms with Gasteiger partial charge >= 0.3 is 0 Å². The number of carbonyl (C=O) groups excluding carboxylic acids is 1. The molecule has 1 N–H and O–H groups in total. The second kappa shape index (κ2) is 7.42. The molecule has 3 heterocycles. The predicted octanol–water partition coefficient (Wildman–Crippen LogP) is 4.20. The molecular formula is C22H19FN6O2. The first kappa shape index (κ1) is 19.1. The first-order valence-corrected chi connectivity index (χ1v) is 9.91. The van der Waals surface area contributed by atoms with Crippen molar-refractivity contribution < 1.29 is 13.6 Å². The lowest BCUT2D eigenvalue weighted by Gasteiger charge is -2.11. The number of benzene rings is 1. The molecule has 0 unspecified atom stereocenters. The minimum atomic E-state index is -0.607. The van der Waals surface area contributed by atoms with Crippen LogP contribution in [-0.4, -0.2) is 30.6 Å². The van der Waals surface area contributed by atoms with E-state index >= 15 is 0 Å². The molecule has 1 saturated carbocycles. The number of aryl methyl sites for hydroxylation is 2. The lowest BCUT2D eigenvalue weighted by atomic mass is 10.1. The van der Waals surface area contributed by atoms with Gasteiger partial charge in [-0.15, -0.1) is 10.2 Å². The van der Waals surface area contributed by atoms with Crippen LogP contribution in [0, 0.1) is 19.7 Å². The van der Waals surface area contributed by atoms with Gasteiger partial charge in [-0.05, 0) is 49.6 Å². The molecule has 3 aromatic heterocycles. The number of anilines is 1. The van der Waals surface area contributed by atoms with E-state index in [1.807, 2.05) is 10.8 Å². The van der Waals surface area contributed by atoms with Gasteiger partial charge in [-0.2, -0.15) is 0 Å². The lowest BCUT2D eigenvalue weighted by molar-refractivity contribution is 0.102. The lowest BCUT2D eigenvalue weighted by Crippen LogP contribution is -2.16. The van der Waals surface area contributed by atoms with Crippen LogP contribution < -0.4 is 5.32 Å². The van der Waals surface area contributed by atoms with Gasteiger partial charge in [-0.25, -0.2) is 14.4 Å². The van der Waals surface area contributed by atoms with Crippen LogP contribution in [0.25, 0.3) is 17.3 Å². The van der Waals surface area contributed by atoms with Gasteiger partial charge in [0, 0.05) is 19.0 Å². The number of pyridine rings is 1. The number of halogens is 1. The zero-order chi connectivity index (χ0) is 21.5. The fourth-order valence-corrected chi connectivity index (χ4v) is 3.38. The Morgan fingerprint density at radius 2 is 2.06 bits per heavy atom. The molecule has 0 atom stereocenters. The summed E-state index contributed by atoms with van der Waals surface area (Å²) < 4.78 is 21.8. The Labute approximate surface area is 177 Å². The van der Waals surface area contributed by atoms with Gasteiger partial charge in [0.15, 0.2) is 0 Å². The zero-order valence-electron chi connectivity index (χ0n) is 17.0. The number of hydrogen-bond donors (Lipinski definition) is 1. The van der Waals surface area contributed by atoms with Crippen molar-refractivity contribution in [3.8, 4) is 17.3 Å². The summed E-state index contributed by atoms with van der Waals surface area (Å²) in [4.78, 5) is 21.6. The molecule has 1 aliphatic carbocycles. The van der Waals surface area contributed by atoms with Crippen molar-refractivity contribution in [3.05, 3.63) is 71.4 Å². The van der Waals surface area contributed by atoms with Gasteiger partial charge in [0.1, 0.15) is 17.3 Å². The molecule has 4 aromatic rings. The maximum Gasteiger partial charge on any atom is 0.266 e. The fraction of sp³-hybridized carbons (Fsp3) is 0.227. The molecule has 8 nitrogen and oxygen atoms in total. The van der Waals surface area contributed by atoms with E-state index in [9.17, 15) is 9.18 Å². The normalized spacial score (nSPS) is 13.4. The van der Waals surface area contributed by atoms with Gasteiger partial charge in [-0.1, -0.05) is 6.07 Å². The van der Waals surface area contributed by atoms with Crippen LogP contribution in [0.3, 0.4) is 0 Å². The average Bonchev–Trinajstić information content (AvgIpc) is 3.31. The second-order valence-corrected chi connectivity index (χ2v) is 7.59. The van der Waals surface area contributed by atoms with Crippen molar-refractivity contribution in [2.24, 2.45) is 0 Å². The van der Waals surface area contributed by atoms with Crippen molar-refractivity contribution in [2.75, 3.05) is 5.32 Å². The Morgan fingerprint density at radius 1 is 1.23 bits per heavy atom. The van der Waals surface area contributed by atoms with Crippen molar-refractivity contribution in [2.45, 2.75) is 32.6 Å². The topological polar surface area (TPSA) is 98.7 Å². The molecule has 0 spiro atoms. The van der Waals surface area contributed by atoms with Crippen LogP contribution in [-0.2, 0) is 0 Å². The summed E-state index contributed by atoms with van der Waals surface area (Å²) in [5, 5.41) is 10.3. The van der Waals surface area contributed by atoms with Crippen LogP contribution in [0.5, 0.6) is 0 Å². The third-order valence-corrected chi connectivity index (χ3v) is 5.14. The Kier molecular flexibility index (Phi) is 4.58. The van der Waals surface area contributed by atoms with E-state index in [1.54, 1.807) is 38.4 Å². The van der Waals surface area contributed by atoms with Crippen molar-refractivity contribution >= 4 is 11.7 Å². The number of amides is 1. The van der Waals surface area contributed by atoms with E-state index in [2.05, 4.69) is 25.5 Å². The second-order valence-electron chi connectivity index (χ2n) is 7.59. The summed E-state index contributed by atoms with van der Waals surface area (Å²) in [7, 11) is 0. The molecule has 0 aliphatic heterocycles. The van der Waals surface area contributed by atoms with Gasteiger partial charge in [0.05, 0.1) is 23.3 Å². The summed E-state index contributed by atoms with van der Waals surface area (Å²) in [5.74, 6) is 0.190. The van der Waals surface area contributed by atoms with E-state index in [-0.39, 0.29) is 17.3 Å². The van der Waals surface area contributed by atoms with Crippen molar-refractivity contribution in [1.29, 1.82) is 0 Å². The van der Waals surface area contributed by atoms with Crippen molar-refractivity contribution in [1.82, 2.24) is 24.7 Å². The summed E-state index contributed by atoms with van der Waals surface area (Å²) >= 11 is 0. The third kappa shape index (κ3) is 3.81. The summed E-state index contributed by atoms with van der Waals surface area (Å²) in [6.07, 6.45) is 5.93. The first-order chi connectivity index (χ1) is 15.0. The highest BCUT2D eigenvalue weighted by atomic mass is 19.1. The highest BCUT2D eigenvalue weighted by molar-refractivity contribution is 6.04. The molecule has 9 heteroatoms. The maximum atomic E-state index is 14.7. The van der Waals surface area contributed by atoms with Gasteiger partial charge < -0.3 is 14.3 Å². The third-order valence-electron chi connectivity index (χ3n) is 5.14. The number of aromatic nitrogens is 5. The van der Waals surface area contributed by atoms with Crippen LogP contribution >= 0.6 is 0 Å². The largest absolute Gasteiger partial charge is 0.420 e. The molecule has 1 aromatic carbocycles. The number of nitrogens with one attached hydrogen (secondary N) is 1. The minimum Gasteiger partial charge on any atom is -0.420 e. The summed E-state index contributed by atoms with van der Waals surface area (Å²) in [6, 6.07) is 7.87. The average molecular weight is 418 g/mol. The van der Waals surface area contributed by atoms with E-state index in [0.29, 0.717) is 28.8 Å². The molecule has 1 amide bonds. The van der Waals surface area contributed by atoms with E-state index in [4.69, 9.17) is 4.42 Å². The zero-order valence-corrected chi connectivity index (χ0v) is 17.0. The van der Waals surface area contributed by atoms with Crippen LogP contribution in [0.1, 0.15) is 46.3 Å². The summed E-state index contributed by atoms with van der Waals surface area (Å²) in [5.41, 5.74) is 2.76. The van der Waals surface area contributed by atoms with E-state index in [0.717, 1.165) is 18.5 Å². The molecule has 1 aliphatic rings. The Balaban J connectivity index is 1.42. The minimum absolute atomic E-state index is 0.0805. The van der Waals surface area contributed by atoms with Crippen LogP contribution in [0.2, 0.25) is 0 Å². The summed E-state index contributed by atoms with van der Waals surface area (Å²) in [6.45, 7) is 3.47. The SMILES string of the molecule is Cc1nnc(-c2cccc(NC(=O)c3cc(-n4cnc(C5CC5)c4)c(C)cc3F)n2)o1. The molecule has 31 heavy (non-hydrogen) atoms. The Hall–Kier alpha value is -3.88. The molecule has 0 bridgehead atoms. The molecule has 0 saturated heterocycles. The van der Waals surface area contributed by atoms with E-state index < -0.39 is 11.7 Å². The van der Waals surface area contributed by atoms with Crippen LogP contribution in [0.4, 0.5) is 10.2 Å². The quantitative estimate of drug-likeness (QED) is 0.521.